The normalized spacial score (nSPS) is 13.0. The van der Waals surface area contributed by atoms with E-state index in [1.807, 2.05) is 59.0 Å². The van der Waals surface area contributed by atoms with Crippen LogP contribution in [0.1, 0.15) is 62.5 Å². The Morgan fingerprint density at radius 2 is 1.60 bits per heavy atom. The van der Waals surface area contributed by atoms with Crippen LogP contribution >= 0.6 is 0 Å². The quantitative estimate of drug-likeness (QED) is 0.425. The molecule has 0 amide bonds. The third kappa shape index (κ3) is 4.72. The van der Waals surface area contributed by atoms with Crippen molar-refractivity contribution in [3.05, 3.63) is 71.4 Å². The lowest BCUT2D eigenvalue weighted by Crippen LogP contribution is -2.33. The summed E-state index contributed by atoms with van der Waals surface area (Å²) >= 11 is 0. The number of benzene rings is 2. The molecule has 0 radical (unpaired) electrons. The fraction of sp³-hybridized carbons (Fsp3) is 0.407. The van der Waals surface area contributed by atoms with Gasteiger partial charge < -0.3 is 4.57 Å². The van der Waals surface area contributed by atoms with Crippen LogP contribution in [0.5, 0.6) is 0 Å². The fourth-order valence-corrected chi connectivity index (χ4v) is 4.02. The van der Waals surface area contributed by atoms with Crippen LogP contribution in [-0.2, 0) is 11.3 Å². The van der Waals surface area contributed by atoms with Crippen LogP contribution in [0, 0.1) is 24.2 Å². The van der Waals surface area contributed by atoms with Crippen molar-refractivity contribution in [1.29, 1.82) is 0 Å². The number of hydrogen-bond donors (Lipinski definition) is 0. The lowest BCUT2D eigenvalue weighted by molar-refractivity contribution is -0.129. The largest absolute Gasteiger partial charge is 0.342 e. The maximum atomic E-state index is 13.4. The molecule has 0 spiro atoms. The average Bonchev–Trinajstić information content (AvgIpc) is 3.05. The minimum atomic E-state index is -0.288. The summed E-state index contributed by atoms with van der Waals surface area (Å²) in [6.45, 7) is 12.8. The summed E-state index contributed by atoms with van der Waals surface area (Å²) in [7, 11) is 0. The predicted octanol–water partition coefficient (Wildman–Crippen LogP) is 6.46. The number of nitrogens with zero attached hydrogens (tertiary/aromatic N) is 1. The molecule has 0 bridgehead atoms. The fourth-order valence-electron chi connectivity index (χ4n) is 4.02. The van der Waals surface area contributed by atoms with Gasteiger partial charge in [-0.1, -0.05) is 82.6 Å². The van der Waals surface area contributed by atoms with Gasteiger partial charge in [0.2, 0.25) is 0 Å². The highest BCUT2D eigenvalue weighted by atomic mass is 16.1. The van der Waals surface area contributed by atoms with Gasteiger partial charge in [-0.05, 0) is 24.0 Å². The number of hydrogen-bond acceptors (Lipinski definition) is 2. The lowest BCUT2D eigenvalue weighted by atomic mass is 9.72. The zero-order valence-corrected chi connectivity index (χ0v) is 19.0. The molecule has 0 aliphatic heterocycles. The summed E-state index contributed by atoms with van der Waals surface area (Å²) < 4.78 is 2.14. The first kappa shape index (κ1) is 22.0. The molecule has 3 aromatic rings. The Bertz CT molecular complexity index is 1050. The molecule has 158 valence electrons. The molecule has 2 aromatic carbocycles. The Balaban J connectivity index is 1.96. The molecule has 30 heavy (non-hydrogen) atoms. The van der Waals surface area contributed by atoms with E-state index < -0.39 is 0 Å². The number of rotatable bonds is 7. The van der Waals surface area contributed by atoms with Crippen LogP contribution in [0.3, 0.4) is 0 Å². The van der Waals surface area contributed by atoms with Gasteiger partial charge in [0.1, 0.15) is 5.78 Å². The van der Waals surface area contributed by atoms with Crippen molar-refractivity contribution in [3.63, 3.8) is 0 Å². The van der Waals surface area contributed by atoms with E-state index in [2.05, 4.69) is 41.8 Å². The molecule has 1 aromatic heterocycles. The van der Waals surface area contributed by atoms with Gasteiger partial charge in [-0.2, -0.15) is 0 Å². The van der Waals surface area contributed by atoms with E-state index in [0.717, 1.165) is 10.9 Å². The van der Waals surface area contributed by atoms with Crippen molar-refractivity contribution >= 4 is 22.5 Å². The van der Waals surface area contributed by atoms with Crippen molar-refractivity contribution < 1.29 is 9.59 Å². The first-order valence-electron chi connectivity index (χ1n) is 10.8. The second kappa shape index (κ2) is 8.59. The number of Topliss-reactive ketones (excluding diaryl/α,β-unsaturated/α-hetero) is 2. The van der Waals surface area contributed by atoms with Crippen molar-refractivity contribution in [3.8, 4) is 0 Å². The topological polar surface area (TPSA) is 39.1 Å². The number of ketones is 2. The van der Waals surface area contributed by atoms with Gasteiger partial charge in [-0.3, -0.25) is 9.59 Å². The molecule has 3 rings (SSSR count). The molecule has 1 atom stereocenters. The molecule has 0 aliphatic rings. The Morgan fingerprint density at radius 1 is 0.967 bits per heavy atom. The molecule has 3 nitrogen and oxygen atoms in total. The van der Waals surface area contributed by atoms with Gasteiger partial charge in [-0.15, -0.1) is 0 Å². The third-order valence-corrected chi connectivity index (χ3v) is 5.91. The summed E-state index contributed by atoms with van der Waals surface area (Å²) in [6, 6.07) is 16.5. The van der Waals surface area contributed by atoms with E-state index in [4.69, 9.17) is 0 Å². The molecule has 0 aliphatic carbocycles. The molecule has 3 heteroatoms. The van der Waals surface area contributed by atoms with Gasteiger partial charge >= 0.3 is 0 Å². The van der Waals surface area contributed by atoms with Crippen LogP contribution in [0.2, 0.25) is 0 Å². The summed E-state index contributed by atoms with van der Waals surface area (Å²) in [6.07, 6.45) is 2.21. The number of aromatic nitrogens is 1. The number of fused-ring (bicyclic) bond motifs is 1. The Hall–Kier alpha value is -2.68. The highest BCUT2D eigenvalue weighted by molar-refractivity contribution is 6.09. The predicted molar refractivity (Wildman–Crippen MR) is 124 cm³/mol. The van der Waals surface area contributed by atoms with Gasteiger partial charge in [0.25, 0.3) is 0 Å². The molecule has 1 unspecified atom stereocenters. The summed E-state index contributed by atoms with van der Waals surface area (Å²) in [5, 5.41) is 0.958. The lowest BCUT2D eigenvalue weighted by Gasteiger charge is -2.30. The molecule has 0 fully saturated rings. The van der Waals surface area contributed by atoms with E-state index in [9.17, 15) is 9.59 Å². The average molecular weight is 404 g/mol. The Morgan fingerprint density at radius 3 is 2.20 bits per heavy atom. The minimum absolute atomic E-state index is 0.0442. The standard InChI is InChI=1S/C27H33NO2/c1-18(2)26(30)23(27(4,5)6)15-25(29)22-17-28(24-10-8-7-9-21(22)24)16-20-13-11-19(3)12-14-20/h7-14,17-18,23H,15-16H2,1-6H3. The number of para-hydroxylation sites is 1. The van der Waals surface area contributed by atoms with Gasteiger partial charge in [-0.25, -0.2) is 0 Å². The number of carbonyl (C=O) groups is 2. The molecular formula is C27H33NO2. The number of aryl methyl sites for hydroxylation is 1. The minimum Gasteiger partial charge on any atom is -0.342 e. The smallest absolute Gasteiger partial charge is 0.165 e. The van der Waals surface area contributed by atoms with E-state index in [1.165, 1.54) is 11.1 Å². The maximum Gasteiger partial charge on any atom is 0.165 e. The second-order valence-corrected chi connectivity index (χ2v) is 9.78. The first-order valence-corrected chi connectivity index (χ1v) is 10.8. The van der Waals surface area contributed by atoms with Crippen LogP contribution in [0.4, 0.5) is 0 Å². The van der Waals surface area contributed by atoms with E-state index in [0.29, 0.717) is 12.1 Å². The molecule has 0 saturated carbocycles. The zero-order chi connectivity index (χ0) is 22.1. The molecular weight excluding hydrogens is 370 g/mol. The van der Waals surface area contributed by atoms with Crippen molar-refractivity contribution in [1.82, 2.24) is 4.57 Å². The van der Waals surface area contributed by atoms with Gasteiger partial charge in [0, 0.05) is 47.5 Å². The molecule has 0 N–H and O–H groups in total. The van der Waals surface area contributed by atoms with Crippen molar-refractivity contribution in [2.45, 2.75) is 54.5 Å². The van der Waals surface area contributed by atoms with E-state index >= 15 is 0 Å². The van der Waals surface area contributed by atoms with Crippen molar-refractivity contribution in [2.75, 3.05) is 0 Å². The Kier molecular flexibility index (Phi) is 6.30. The zero-order valence-electron chi connectivity index (χ0n) is 19.0. The summed E-state index contributed by atoms with van der Waals surface area (Å²) in [4.78, 5) is 26.2. The summed E-state index contributed by atoms with van der Waals surface area (Å²) in [5.41, 5.74) is 3.93. The first-order chi connectivity index (χ1) is 14.1. The van der Waals surface area contributed by atoms with E-state index in [1.54, 1.807) is 0 Å². The van der Waals surface area contributed by atoms with Crippen LogP contribution in [0.25, 0.3) is 10.9 Å². The highest BCUT2D eigenvalue weighted by Gasteiger charge is 2.34. The third-order valence-electron chi connectivity index (χ3n) is 5.91. The van der Waals surface area contributed by atoms with E-state index in [-0.39, 0.29) is 35.2 Å². The van der Waals surface area contributed by atoms with Crippen molar-refractivity contribution in [2.24, 2.45) is 17.3 Å². The summed E-state index contributed by atoms with van der Waals surface area (Å²) in [5.74, 6) is -0.156. The maximum absolute atomic E-state index is 13.4. The molecule has 0 saturated heterocycles. The monoisotopic (exact) mass is 403 g/mol. The van der Waals surface area contributed by atoms with Crippen LogP contribution < -0.4 is 0 Å². The van der Waals surface area contributed by atoms with Gasteiger partial charge in [0.15, 0.2) is 5.78 Å². The van der Waals surface area contributed by atoms with Gasteiger partial charge in [0.05, 0.1) is 0 Å². The second-order valence-electron chi connectivity index (χ2n) is 9.78. The van der Waals surface area contributed by atoms with Crippen LogP contribution in [0.15, 0.2) is 54.7 Å². The van der Waals surface area contributed by atoms with Crippen LogP contribution in [-0.4, -0.2) is 16.1 Å². The SMILES string of the molecule is Cc1ccc(Cn2cc(C(=O)CC(C(=O)C(C)C)C(C)(C)C)c3ccccc32)cc1. The molecule has 1 heterocycles. The highest BCUT2D eigenvalue weighted by Crippen LogP contribution is 2.34. The Labute approximate surface area is 180 Å². The number of carbonyl (C=O) groups excluding carboxylic acids is 2.